The van der Waals surface area contributed by atoms with Crippen molar-refractivity contribution in [2.75, 3.05) is 39.3 Å². The lowest BCUT2D eigenvalue weighted by atomic mass is 10.1. The lowest BCUT2D eigenvalue weighted by Crippen LogP contribution is -2.55. The van der Waals surface area contributed by atoms with Crippen LogP contribution in [-0.4, -0.2) is 128 Å². The zero-order chi connectivity index (χ0) is 42.0. The van der Waals surface area contributed by atoms with Gasteiger partial charge in [0.2, 0.25) is 20.0 Å². The molecule has 308 valence electrons. The van der Waals surface area contributed by atoms with E-state index in [9.17, 15) is 26.4 Å². The van der Waals surface area contributed by atoms with E-state index in [0.29, 0.717) is 43.0 Å². The summed E-state index contributed by atoms with van der Waals surface area (Å²) in [4.78, 5) is 36.6. The van der Waals surface area contributed by atoms with Gasteiger partial charge >= 0.3 is 0 Å². The highest BCUT2D eigenvalue weighted by atomic mass is 79.9. The summed E-state index contributed by atoms with van der Waals surface area (Å²) in [6.45, 7) is 5.63. The third-order valence-corrected chi connectivity index (χ3v) is 14.1. The van der Waals surface area contributed by atoms with Crippen molar-refractivity contribution in [1.29, 1.82) is 0 Å². The van der Waals surface area contributed by atoms with E-state index < -0.39 is 20.0 Å². The van der Waals surface area contributed by atoms with Crippen molar-refractivity contribution in [3.8, 4) is 5.69 Å². The smallest absolute Gasteiger partial charge is 0.253 e. The third kappa shape index (κ3) is 10.5. The zero-order valence-electron chi connectivity index (χ0n) is 32.3. The molecule has 2 aliphatic rings. The summed E-state index contributed by atoms with van der Waals surface area (Å²) in [6, 6.07) is 30.8. The number of H-pyrrole nitrogens is 1. The van der Waals surface area contributed by atoms with Crippen LogP contribution in [-0.2, 0) is 20.0 Å². The van der Waals surface area contributed by atoms with Gasteiger partial charge in [0, 0.05) is 67.0 Å². The van der Waals surface area contributed by atoms with Crippen LogP contribution in [0.25, 0.3) is 5.69 Å². The Bertz CT molecular complexity index is 2500. The van der Waals surface area contributed by atoms with Gasteiger partial charge in [0.15, 0.2) is 0 Å². The molecule has 6 aromatic rings. The SMILES string of the molecule is CC1CN(C(=O)c2ccccc2)CCN1S(=O)(=O)c1cccc(-n2cncn2)c1.CC1CN(C(=O)c2ccccc2)CCN1S(=O)(=O)c1cccc(Br)c1.c1nc[nH]n1. The van der Waals surface area contributed by atoms with Gasteiger partial charge in [-0.3, -0.25) is 14.7 Å². The fraction of sp³-hybridized carbons (Fsp3) is 0.250. The zero-order valence-corrected chi connectivity index (χ0v) is 35.5. The number of halogens is 1. The Morgan fingerprint density at radius 2 is 1.17 bits per heavy atom. The number of aromatic amines is 1. The molecule has 2 atom stereocenters. The minimum atomic E-state index is -3.70. The van der Waals surface area contributed by atoms with E-state index in [1.165, 1.54) is 38.6 Å². The van der Waals surface area contributed by atoms with E-state index in [0.717, 1.165) is 4.47 Å². The minimum absolute atomic E-state index is 0.0630. The number of hydrogen-bond donors (Lipinski definition) is 1. The van der Waals surface area contributed by atoms with Gasteiger partial charge in [-0.2, -0.15) is 18.8 Å². The number of amides is 2. The Balaban J connectivity index is 0.000000179. The van der Waals surface area contributed by atoms with Crippen molar-refractivity contribution >= 4 is 47.8 Å². The largest absolute Gasteiger partial charge is 0.336 e. The summed E-state index contributed by atoms with van der Waals surface area (Å²) in [6.07, 6.45) is 5.87. The van der Waals surface area contributed by atoms with E-state index in [1.807, 2.05) is 50.2 Å². The number of carbonyl (C=O) groups is 2. The standard InChI is InChI=1S/C20H21N5O3S.C18H19BrN2O3S.C2H3N3/c1-16-13-23(20(26)17-6-3-2-4-7-17)10-11-25(16)29(27,28)19-9-5-8-18(12-19)24-15-21-14-22-24;1-14-13-20(18(22)15-6-3-2-4-7-15)10-11-21(14)25(23,24)17-9-5-8-16(19)12-17;1-3-2-5-4-1/h2-9,12,14-16H,10-11,13H2,1H3;2-9,12,14H,10-11,13H2,1H3;1-2H,(H,3,4,5). The normalized spacial score (nSPS) is 17.5. The maximum absolute atomic E-state index is 13.2. The molecule has 0 bridgehead atoms. The van der Waals surface area contributed by atoms with Crippen LogP contribution >= 0.6 is 15.9 Å². The van der Waals surface area contributed by atoms with Crippen LogP contribution in [0, 0.1) is 0 Å². The molecule has 0 aliphatic carbocycles. The van der Waals surface area contributed by atoms with Gasteiger partial charge in [0.05, 0.1) is 15.5 Å². The molecule has 2 fully saturated rings. The molecule has 2 aromatic heterocycles. The summed E-state index contributed by atoms with van der Waals surface area (Å²) < 4.78 is 57.5. The Hall–Kier alpha value is -5.60. The van der Waals surface area contributed by atoms with Crippen molar-refractivity contribution in [3.05, 3.63) is 150 Å². The molecule has 2 saturated heterocycles. The van der Waals surface area contributed by atoms with Gasteiger partial charge in [-0.25, -0.2) is 31.5 Å². The molecule has 59 heavy (non-hydrogen) atoms. The maximum Gasteiger partial charge on any atom is 0.253 e. The average molecular weight is 904 g/mol. The molecule has 4 heterocycles. The molecule has 1 N–H and O–H groups in total. The van der Waals surface area contributed by atoms with Gasteiger partial charge in [-0.1, -0.05) is 64.5 Å². The van der Waals surface area contributed by atoms with Gasteiger partial charge in [-0.05, 0) is 74.5 Å². The molecule has 19 heteroatoms. The Morgan fingerprint density at radius 3 is 1.59 bits per heavy atom. The van der Waals surface area contributed by atoms with Crippen LogP contribution < -0.4 is 0 Å². The summed E-state index contributed by atoms with van der Waals surface area (Å²) >= 11 is 3.31. The second kappa shape index (κ2) is 19.4. The molecule has 2 unspecified atom stereocenters. The molecule has 4 aromatic carbocycles. The highest BCUT2D eigenvalue weighted by Gasteiger charge is 2.37. The number of benzene rings is 4. The maximum atomic E-state index is 13.2. The quantitative estimate of drug-likeness (QED) is 0.238. The van der Waals surface area contributed by atoms with Gasteiger partial charge in [0.1, 0.15) is 25.3 Å². The number of hydrogen-bond acceptors (Lipinski definition) is 10. The predicted octanol–water partition coefficient (Wildman–Crippen LogP) is 4.59. The highest BCUT2D eigenvalue weighted by molar-refractivity contribution is 9.10. The van der Waals surface area contributed by atoms with E-state index in [2.05, 4.69) is 41.2 Å². The summed E-state index contributed by atoms with van der Waals surface area (Å²) in [5.74, 6) is -0.144. The van der Waals surface area contributed by atoms with Crippen LogP contribution in [0.3, 0.4) is 0 Å². The van der Waals surface area contributed by atoms with Crippen LogP contribution in [0.15, 0.2) is 149 Å². The minimum Gasteiger partial charge on any atom is -0.336 e. The fourth-order valence-electron chi connectivity index (χ4n) is 6.68. The number of piperazine rings is 2. The molecule has 2 amide bonds. The second-order valence-electron chi connectivity index (χ2n) is 13.6. The Labute approximate surface area is 351 Å². The first kappa shape index (κ1) is 43.0. The van der Waals surface area contributed by atoms with Crippen molar-refractivity contribution in [3.63, 3.8) is 0 Å². The molecular formula is C40H43BrN10O6S2. The second-order valence-corrected chi connectivity index (χ2v) is 18.3. The molecule has 0 radical (unpaired) electrons. The third-order valence-electron chi connectivity index (χ3n) is 9.59. The van der Waals surface area contributed by atoms with Gasteiger partial charge < -0.3 is 9.80 Å². The lowest BCUT2D eigenvalue weighted by molar-refractivity contribution is 0.0637. The Morgan fingerprint density at radius 1 is 0.644 bits per heavy atom. The van der Waals surface area contributed by atoms with Crippen LogP contribution in [0.4, 0.5) is 0 Å². The van der Waals surface area contributed by atoms with Crippen molar-refractivity contribution in [2.24, 2.45) is 0 Å². The molecule has 8 rings (SSSR count). The number of nitrogens with zero attached hydrogens (tertiary/aromatic N) is 9. The van der Waals surface area contributed by atoms with E-state index in [-0.39, 0.29) is 46.8 Å². The van der Waals surface area contributed by atoms with E-state index >= 15 is 0 Å². The summed E-state index contributed by atoms with van der Waals surface area (Å²) in [7, 11) is -7.29. The van der Waals surface area contributed by atoms with Crippen LogP contribution in [0.5, 0.6) is 0 Å². The number of rotatable bonds is 7. The summed E-state index contributed by atoms with van der Waals surface area (Å²) in [5.41, 5.74) is 1.85. The molecule has 0 spiro atoms. The number of aromatic nitrogens is 6. The van der Waals surface area contributed by atoms with Crippen LogP contribution in [0.2, 0.25) is 0 Å². The molecule has 2 aliphatic heterocycles. The van der Waals surface area contributed by atoms with Crippen molar-refractivity contribution < 1.29 is 26.4 Å². The first-order chi connectivity index (χ1) is 28.4. The average Bonchev–Trinajstić information content (AvgIpc) is 4.03. The highest BCUT2D eigenvalue weighted by Crippen LogP contribution is 2.26. The Kier molecular flexibility index (Phi) is 14.2. The summed E-state index contributed by atoms with van der Waals surface area (Å²) in [5, 5.41) is 10.0. The van der Waals surface area contributed by atoms with Gasteiger partial charge in [0.25, 0.3) is 11.8 Å². The van der Waals surface area contributed by atoms with E-state index in [1.54, 1.807) is 82.6 Å². The topological polar surface area (TPSA) is 188 Å². The number of nitrogens with one attached hydrogen (secondary N) is 1. The van der Waals surface area contributed by atoms with Crippen molar-refractivity contribution in [2.45, 2.75) is 35.7 Å². The first-order valence-electron chi connectivity index (χ1n) is 18.6. The number of carbonyl (C=O) groups excluding carboxylic acids is 2. The predicted molar refractivity (Wildman–Crippen MR) is 223 cm³/mol. The first-order valence-corrected chi connectivity index (χ1v) is 22.2. The fourth-order valence-corrected chi connectivity index (χ4v) is 10.5. The number of sulfonamides is 2. The van der Waals surface area contributed by atoms with Crippen LogP contribution in [0.1, 0.15) is 34.6 Å². The van der Waals surface area contributed by atoms with Gasteiger partial charge in [-0.15, -0.1) is 0 Å². The monoisotopic (exact) mass is 902 g/mol. The van der Waals surface area contributed by atoms with Crippen molar-refractivity contribution in [1.82, 2.24) is 48.4 Å². The molecular weight excluding hydrogens is 861 g/mol. The van der Waals surface area contributed by atoms with E-state index in [4.69, 9.17) is 0 Å². The lowest BCUT2D eigenvalue weighted by Gasteiger charge is -2.39. The molecule has 0 saturated carbocycles. The molecule has 16 nitrogen and oxygen atoms in total.